The molecule has 1 fully saturated rings. The summed E-state index contributed by atoms with van der Waals surface area (Å²) < 4.78 is 11.7. The third-order valence-corrected chi connectivity index (χ3v) is 3.55. The first-order valence-corrected chi connectivity index (χ1v) is 5.78. The Morgan fingerprint density at radius 2 is 1.83 bits per heavy atom. The normalized spacial score (nSPS) is 20.7. The number of hydrogen-bond donors (Lipinski definition) is 1. The molecule has 0 radical (unpaired) electrons. The third kappa shape index (κ3) is 1.98. The summed E-state index contributed by atoms with van der Waals surface area (Å²) in [6, 6.07) is 1.53. The topological polar surface area (TPSA) is 51.6 Å². The van der Waals surface area contributed by atoms with Gasteiger partial charge in [-0.05, 0) is 39.7 Å². The predicted molar refractivity (Wildman–Crippen MR) is 69.6 cm³/mol. The Balaban J connectivity index is 2.31. The predicted octanol–water partition coefficient (Wildman–Crippen LogP) is 1.07. The molecule has 1 aliphatic rings. The lowest BCUT2D eigenvalue weighted by molar-refractivity contribution is 0.00578. The van der Waals surface area contributed by atoms with Gasteiger partial charge in [-0.25, -0.2) is 4.98 Å². The molecule has 18 heavy (non-hydrogen) atoms. The molecule has 0 atom stereocenters. The number of rotatable bonds is 1. The van der Waals surface area contributed by atoms with E-state index in [1.54, 1.807) is 6.20 Å². The van der Waals surface area contributed by atoms with Crippen molar-refractivity contribution in [1.29, 1.82) is 0 Å². The van der Waals surface area contributed by atoms with Crippen LogP contribution in [0.5, 0.6) is 5.75 Å². The molecular weight excluding hydrogens is 229 g/mol. The Labute approximate surface area is 107 Å². The van der Waals surface area contributed by atoms with Crippen LogP contribution in [0.4, 0.5) is 0 Å². The minimum absolute atomic E-state index is 0.0373. The Morgan fingerprint density at radius 1 is 1.28 bits per heavy atom. The summed E-state index contributed by atoms with van der Waals surface area (Å²) in [5, 5.41) is 9.70. The molecule has 2 heterocycles. The zero-order valence-electron chi connectivity index (χ0n) is 11.0. The fourth-order valence-corrected chi connectivity index (χ4v) is 1.69. The summed E-state index contributed by atoms with van der Waals surface area (Å²) in [7, 11) is -0.541. The van der Waals surface area contributed by atoms with Crippen LogP contribution < -0.4 is 5.46 Å². The lowest BCUT2D eigenvalue weighted by atomic mass is 9.80. The molecule has 94 valence electrons. The van der Waals surface area contributed by atoms with Crippen molar-refractivity contribution in [3.05, 3.63) is 18.0 Å². The van der Waals surface area contributed by atoms with E-state index in [-0.39, 0.29) is 11.4 Å². The first-order valence-electron chi connectivity index (χ1n) is 5.78. The van der Waals surface area contributed by atoms with Crippen LogP contribution >= 0.6 is 0 Å². The van der Waals surface area contributed by atoms with E-state index in [4.69, 9.17) is 15.7 Å². The third-order valence-electron chi connectivity index (χ3n) is 3.55. The summed E-state index contributed by atoms with van der Waals surface area (Å²) in [6.45, 7) is 7.87. The van der Waals surface area contributed by atoms with E-state index in [1.165, 1.54) is 6.07 Å². The maximum Gasteiger partial charge on any atom is 0.496 e. The van der Waals surface area contributed by atoms with Crippen LogP contribution in [-0.4, -0.2) is 28.4 Å². The van der Waals surface area contributed by atoms with Crippen LogP contribution in [0.15, 0.2) is 12.3 Å². The molecule has 0 bridgehead atoms. The number of aromatic nitrogens is 1. The van der Waals surface area contributed by atoms with E-state index >= 15 is 0 Å². The van der Waals surface area contributed by atoms with Crippen molar-refractivity contribution < 1.29 is 14.4 Å². The Kier molecular flexibility index (Phi) is 2.88. The van der Waals surface area contributed by atoms with Gasteiger partial charge in [0, 0.05) is 11.7 Å². The van der Waals surface area contributed by atoms with E-state index < -0.39 is 18.3 Å². The molecule has 5 heteroatoms. The molecule has 1 saturated heterocycles. The van der Waals surface area contributed by atoms with Crippen molar-refractivity contribution in [1.82, 2.24) is 4.98 Å². The highest BCUT2D eigenvalue weighted by molar-refractivity contribution is 6.62. The van der Waals surface area contributed by atoms with Gasteiger partial charge in [-0.3, -0.25) is 0 Å². The second-order valence-corrected chi connectivity index (χ2v) is 5.37. The van der Waals surface area contributed by atoms with Crippen molar-refractivity contribution >= 4 is 12.6 Å². The van der Waals surface area contributed by atoms with Gasteiger partial charge in [0.25, 0.3) is 0 Å². The summed E-state index contributed by atoms with van der Waals surface area (Å²) in [5.74, 6) is 2.27. The van der Waals surface area contributed by atoms with E-state index in [1.807, 2.05) is 27.7 Å². The average Bonchev–Trinajstić information content (AvgIpc) is 2.48. The fourth-order valence-electron chi connectivity index (χ4n) is 1.69. The van der Waals surface area contributed by atoms with Crippen LogP contribution in [0.2, 0.25) is 0 Å². The van der Waals surface area contributed by atoms with Crippen molar-refractivity contribution in [2.24, 2.45) is 0 Å². The van der Waals surface area contributed by atoms with Crippen LogP contribution in [0.1, 0.15) is 33.4 Å². The molecule has 0 spiro atoms. The van der Waals surface area contributed by atoms with E-state index in [2.05, 4.69) is 10.9 Å². The molecule has 1 aromatic heterocycles. The Hall–Kier alpha value is -1.51. The van der Waals surface area contributed by atoms with Gasteiger partial charge in [-0.2, -0.15) is 0 Å². The zero-order chi connectivity index (χ0) is 13.6. The molecule has 0 aromatic carbocycles. The van der Waals surface area contributed by atoms with Crippen LogP contribution in [0.3, 0.4) is 0 Å². The smallest absolute Gasteiger partial charge is 0.496 e. The molecular formula is C13H16BNO3. The SMILES string of the molecule is C#Cc1ncc(B2OC(C)(C)C(C)(C)O2)cc1O. The van der Waals surface area contributed by atoms with Gasteiger partial charge in [-0.15, -0.1) is 6.42 Å². The highest BCUT2D eigenvalue weighted by Gasteiger charge is 2.51. The van der Waals surface area contributed by atoms with Gasteiger partial charge < -0.3 is 14.4 Å². The van der Waals surface area contributed by atoms with Crippen LogP contribution in [0, 0.1) is 12.3 Å². The molecule has 1 N–H and O–H groups in total. The lowest BCUT2D eigenvalue weighted by Crippen LogP contribution is -2.41. The van der Waals surface area contributed by atoms with Gasteiger partial charge in [0.15, 0.2) is 5.69 Å². The molecule has 1 aromatic rings. The lowest BCUT2D eigenvalue weighted by Gasteiger charge is -2.32. The zero-order valence-corrected chi connectivity index (χ0v) is 11.0. The molecule has 4 nitrogen and oxygen atoms in total. The molecule has 2 rings (SSSR count). The molecule has 0 amide bonds. The first-order chi connectivity index (χ1) is 8.27. The molecule has 1 aliphatic heterocycles. The van der Waals surface area contributed by atoms with Gasteiger partial charge in [0.1, 0.15) is 5.75 Å². The number of pyridine rings is 1. The largest absolute Gasteiger partial charge is 0.505 e. The average molecular weight is 245 g/mol. The number of nitrogens with zero attached hydrogens (tertiary/aromatic N) is 1. The van der Waals surface area contributed by atoms with Crippen LogP contribution in [-0.2, 0) is 9.31 Å². The number of terminal acetylenes is 1. The van der Waals surface area contributed by atoms with E-state index in [9.17, 15) is 5.11 Å². The van der Waals surface area contributed by atoms with Gasteiger partial charge in [0.2, 0.25) is 0 Å². The highest BCUT2D eigenvalue weighted by Crippen LogP contribution is 2.36. The van der Waals surface area contributed by atoms with Crippen molar-refractivity contribution in [3.63, 3.8) is 0 Å². The molecule has 0 aliphatic carbocycles. The Morgan fingerprint density at radius 3 is 2.28 bits per heavy atom. The molecule has 0 unspecified atom stereocenters. The van der Waals surface area contributed by atoms with Crippen molar-refractivity contribution in [2.75, 3.05) is 0 Å². The Bertz CT molecular complexity index is 503. The second-order valence-electron chi connectivity index (χ2n) is 5.37. The van der Waals surface area contributed by atoms with Crippen LogP contribution in [0.25, 0.3) is 0 Å². The quantitative estimate of drug-likeness (QED) is 0.594. The van der Waals surface area contributed by atoms with Crippen molar-refractivity contribution in [3.8, 4) is 18.1 Å². The van der Waals surface area contributed by atoms with Gasteiger partial charge >= 0.3 is 7.12 Å². The van der Waals surface area contributed by atoms with Gasteiger partial charge in [0.05, 0.1) is 11.2 Å². The fraction of sp³-hybridized carbons (Fsp3) is 0.462. The maximum absolute atomic E-state index is 9.70. The minimum atomic E-state index is -0.541. The monoisotopic (exact) mass is 245 g/mol. The van der Waals surface area contributed by atoms with Crippen molar-refractivity contribution in [2.45, 2.75) is 38.9 Å². The summed E-state index contributed by atoms with van der Waals surface area (Å²) in [4.78, 5) is 3.99. The van der Waals surface area contributed by atoms with Gasteiger partial charge in [-0.1, -0.05) is 0 Å². The number of aromatic hydroxyl groups is 1. The van der Waals surface area contributed by atoms with E-state index in [0.29, 0.717) is 5.46 Å². The molecule has 0 saturated carbocycles. The second kappa shape index (κ2) is 4.01. The summed E-state index contributed by atoms with van der Waals surface area (Å²) in [6.07, 6.45) is 6.77. The number of hydrogen-bond acceptors (Lipinski definition) is 4. The highest BCUT2D eigenvalue weighted by atomic mass is 16.7. The van der Waals surface area contributed by atoms with E-state index in [0.717, 1.165) is 0 Å². The maximum atomic E-state index is 9.70. The standard InChI is InChI=1S/C13H16BNO3/c1-6-10-11(16)7-9(8-15-10)14-17-12(2,3)13(4,5)18-14/h1,7-8,16H,2-5H3. The first kappa shape index (κ1) is 12.9. The minimum Gasteiger partial charge on any atom is -0.505 e. The summed E-state index contributed by atoms with van der Waals surface area (Å²) in [5.41, 5.74) is 0.0382. The summed E-state index contributed by atoms with van der Waals surface area (Å²) >= 11 is 0.